The van der Waals surface area contributed by atoms with E-state index < -0.39 is 40.0 Å². The number of aliphatic hydroxyl groups excluding tert-OH is 1. The fourth-order valence-corrected chi connectivity index (χ4v) is 6.06. The van der Waals surface area contributed by atoms with E-state index in [4.69, 9.17) is 13.9 Å². The number of epoxide rings is 1. The molecule has 6 atom stereocenters. The first-order valence-electron chi connectivity index (χ1n) is 10.3. The number of fused-ring (bicyclic) bond motifs is 2. The second-order valence-corrected chi connectivity index (χ2v) is 9.54. The van der Waals surface area contributed by atoms with Gasteiger partial charge >= 0.3 is 5.97 Å². The molecule has 1 aliphatic heterocycles. The zero-order valence-electron chi connectivity index (χ0n) is 17.3. The minimum atomic E-state index is -1.31. The first kappa shape index (κ1) is 20.6. The molecule has 7 heteroatoms. The number of furan rings is 1. The Labute approximate surface area is 170 Å². The van der Waals surface area contributed by atoms with Gasteiger partial charge < -0.3 is 24.1 Å². The summed E-state index contributed by atoms with van der Waals surface area (Å²) in [6.07, 6.45) is 4.61. The molecule has 29 heavy (non-hydrogen) atoms. The highest BCUT2D eigenvalue weighted by Gasteiger charge is 2.78. The molecule has 0 bridgehead atoms. The van der Waals surface area contributed by atoms with Gasteiger partial charge in [0.1, 0.15) is 23.4 Å². The summed E-state index contributed by atoms with van der Waals surface area (Å²) in [6.45, 7) is 5.21. The summed E-state index contributed by atoms with van der Waals surface area (Å²) in [6, 6.07) is 1.88. The minimum Gasteiger partial charge on any atom is -0.472 e. The predicted molar refractivity (Wildman–Crippen MR) is 102 cm³/mol. The Balaban J connectivity index is 1.79. The van der Waals surface area contributed by atoms with Crippen molar-refractivity contribution < 1.29 is 33.7 Å². The third-order valence-electron chi connectivity index (χ3n) is 8.00. The summed E-state index contributed by atoms with van der Waals surface area (Å²) in [5.41, 5.74) is -2.99. The van der Waals surface area contributed by atoms with Crippen LogP contribution in [0.25, 0.3) is 0 Å². The van der Waals surface area contributed by atoms with E-state index in [0.29, 0.717) is 32.3 Å². The van der Waals surface area contributed by atoms with E-state index in [2.05, 4.69) is 0 Å². The van der Waals surface area contributed by atoms with Crippen LogP contribution in [0.15, 0.2) is 23.0 Å². The number of rotatable bonds is 5. The molecular weight excluding hydrogens is 376 g/mol. The zero-order valence-corrected chi connectivity index (χ0v) is 17.3. The normalized spacial score (nSPS) is 43.8. The van der Waals surface area contributed by atoms with Gasteiger partial charge in [-0.3, -0.25) is 9.59 Å². The van der Waals surface area contributed by atoms with Crippen molar-refractivity contribution in [3.8, 4) is 0 Å². The van der Waals surface area contributed by atoms with Crippen LogP contribution in [0.4, 0.5) is 0 Å². The van der Waals surface area contributed by atoms with Crippen LogP contribution in [0.3, 0.4) is 0 Å². The number of carbonyl (C=O) groups is 2. The SMILES string of the molecule is CC(=O)OC[C@@]12C(=O)C[C@](C)(O)[C@](C)(CCc3ccoc3)[C@H]1[C@@H](O)CC[C@]21CO1. The van der Waals surface area contributed by atoms with Gasteiger partial charge in [0.25, 0.3) is 0 Å². The summed E-state index contributed by atoms with van der Waals surface area (Å²) in [4.78, 5) is 25.2. The van der Waals surface area contributed by atoms with E-state index >= 15 is 0 Å². The predicted octanol–water partition coefficient (Wildman–Crippen LogP) is 2.03. The van der Waals surface area contributed by atoms with Crippen molar-refractivity contribution in [3.63, 3.8) is 0 Å². The Bertz CT molecular complexity index is 794. The molecular formula is C22H30O7. The van der Waals surface area contributed by atoms with Gasteiger partial charge in [-0.1, -0.05) is 6.92 Å². The maximum atomic E-state index is 13.5. The number of Topliss-reactive ketones (excluding diaryl/α,β-unsaturated/α-hetero) is 1. The molecule has 1 saturated heterocycles. The third kappa shape index (κ3) is 2.89. The van der Waals surface area contributed by atoms with Crippen LogP contribution >= 0.6 is 0 Å². The van der Waals surface area contributed by atoms with Crippen molar-refractivity contribution in [1.82, 2.24) is 0 Å². The highest BCUT2D eigenvalue weighted by atomic mass is 16.6. The van der Waals surface area contributed by atoms with Crippen LogP contribution < -0.4 is 0 Å². The fraction of sp³-hybridized carbons (Fsp3) is 0.727. The van der Waals surface area contributed by atoms with E-state index in [1.807, 2.05) is 13.0 Å². The molecule has 3 fully saturated rings. The number of aliphatic hydroxyl groups is 2. The van der Waals surface area contributed by atoms with Gasteiger partial charge in [-0.05, 0) is 44.2 Å². The van der Waals surface area contributed by atoms with Crippen molar-refractivity contribution in [2.24, 2.45) is 16.7 Å². The highest BCUT2D eigenvalue weighted by molar-refractivity contribution is 5.90. The first-order valence-corrected chi connectivity index (χ1v) is 10.3. The van der Waals surface area contributed by atoms with Gasteiger partial charge in [-0.25, -0.2) is 0 Å². The molecule has 0 radical (unpaired) electrons. The van der Waals surface area contributed by atoms with E-state index in [1.165, 1.54) is 6.92 Å². The molecule has 2 saturated carbocycles. The molecule has 2 N–H and O–H groups in total. The Hall–Kier alpha value is -1.70. The van der Waals surface area contributed by atoms with Crippen molar-refractivity contribution in [2.45, 2.75) is 70.2 Å². The lowest BCUT2D eigenvalue weighted by molar-refractivity contribution is -0.235. The summed E-state index contributed by atoms with van der Waals surface area (Å²) >= 11 is 0. The molecule has 2 heterocycles. The first-order chi connectivity index (χ1) is 13.6. The fourth-order valence-electron chi connectivity index (χ4n) is 6.06. The molecule has 0 aromatic carbocycles. The molecule has 160 valence electrons. The molecule has 0 unspecified atom stereocenters. The van der Waals surface area contributed by atoms with E-state index in [0.717, 1.165) is 5.56 Å². The van der Waals surface area contributed by atoms with Gasteiger partial charge in [0.15, 0.2) is 0 Å². The zero-order chi connectivity index (χ0) is 21.1. The lowest BCUT2D eigenvalue weighted by atomic mass is 9.41. The van der Waals surface area contributed by atoms with Gasteiger partial charge in [-0.2, -0.15) is 0 Å². The average molecular weight is 406 g/mol. The number of hydrogen-bond donors (Lipinski definition) is 2. The maximum absolute atomic E-state index is 13.5. The number of esters is 1. The molecule has 4 rings (SSSR count). The number of ketones is 1. The number of carbonyl (C=O) groups excluding carboxylic acids is 2. The van der Waals surface area contributed by atoms with Crippen LogP contribution in [0.1, 0.15) is 52.0 Å². The van der Waals surface area contributed by atoms with Crippen molar-refractivity contribution in [3.05, 3.63) is 24.2 Å². The Morgan fingerprint density at radius 3 is 2.69 bits per heavy atom. The van der Waals surface area contributed by atoms with Crippen LogP contribution in [0.5, 0.6) is 0 Å². The standard InChI is InChI=1S/C22H30O7/c1-14(23)28-13-22-17(25)10-20(3,26)19(2,7-4-15-6-9-27-11-15)18(22)16(24)5-8-21(22)12-29-21/h6,9,11,16,18,24,26H,4-5,7-8,10,12-13H2,1-3H3/t16-,18+,19+,20-,21-,22+/m0/s1. The maximum Gasteiger partial charge on any atom is 0.302 e. The van der Waals surface area contributed by atoms with E-state index in [-0.39, 0.29) is 18.8 Å². The summed E-state index contributed by atoms with van der Waals surface area (Å²) in [5, 5.41) is 22.6. The molecule has 1 aromatic heterocycles. The lowest BCUT2D eigenvalue weighted by Crippen LogP contribution is -2.72. The number of hydrogen-bond acceptors (Lipinski definition) is 7. The van der Waals surface area contributed by atoms with Gasteiger partial charge in [0.05, 0.1) is 30.8 Å². The summed E-state index contributed by atoms with van der Waals surface area (Å²) in [5.74, 6) is -1.25. The largest absolute Gasteiger partial charge is 0.472 e. The number of ether oxygens (including phenoxy) is 2. The smallest absolute Gasteiger partial charge is 0.302 e. The Morgan fingerprint density at radius 1 is 1.38 bits per heavy atom. The Kier molecular flexibility index (Phi) is 4.72. The average Bonchev–Trinajstić information content (AvgIpc) is 3.23. The van der Waals surface area contributed by atoms with Crippen molar-refractivity contribution in [1.29, 1.82) is 0 Å². The van der Waals surface area contributed by atoms with Gasteiger partial charge in [-0.15, -0.1) is 0 Å². The summed E-state index contributed by atoms with van der Waals surface area (Å²) in [7, 11) is 0. The molecule has 7 nitrogen and oxygen atoms in total. The third-order valence-corrected chi connectivity index (χ3v) is 8.00. The lowest BCUT2D eigenvalue weighted by Gasteiger charge is -2.63. The quantitative estimate of drug-likeness (QED) is 0.569. The van der Waals surface area contributed by atoms with Gasteiger partial charge in [0, 0.05) is 24.7 Å². The second-order valence-electron chi connectivity index (χ2n) is 9.54. The Morgan fingerprint density at radius 2 is 2.10 bits per heavy atom. The van der Waals surface area contributed by atoms with E-state index in [1.54, 1.807) is 19.5 Å². The van der Waals surface area contributed by atoms with Crippen LogP contribution in [0, 0.1) is 16.7 Å². The monoisotopic (exact) mass is 406 g/mol. The van der Waals surface area contributed by atoms with E-state index in [9.17, 15) is 19.8 Å². The molecule has 1 spiro atoms. The minimum absolute atomic E-state index is 0.0650. The molecule has 0 amide bonds. The van der Waals surface area contributed by atoms with Crippen molar-refractivity contribution >= 4 is 11.8 Å². The summed E-state index contributed by atoms with van der Waals surface area (Å²) < 4.78 is 16.4. The molecule has 3 aliphatic rings. The second kappa shape index (κ2) is 6.65. The topological polar surface area (TPSA) is 110 Å². The van der Waals surface area contributed by atoms with Crippen LogP contribution in [-0.4, -0.2) is 52.5 Å². The van der Waals surface area contributed by atoms with Crippen molar-refractivity contribution in [2.75, 3.05) is 13.2 Å². The highest BCUT2D eigenvalue weighted by Crippen LogP contribution is 2.68. The number of aryl methyl sites for hydroxylation is 1. The molecule has 1 aromatic rings. The van der Waals surface area contributed by atoms with Crippen LogP contribution in [-0.2, 0) is 25.5 Å². The molecule has 2 aliphatic carbocycles. The van der Waals surface area contributed by atoms with Gasteiger partial charge in [0.2, 0.25) is 0 Å². The van der Waals surface area contributed by atoms with Crippen LogP contribution in [0.2, 0.25) is 0 Å².